The van der Waals surface area contributed by atoms with Crippen molar-refractivity contribution in [2.24, 2.45) is 17.8 Å². The Labute approximate surface area is 135 Å². The van der Waals surface area contributed by atoms with Gasteiger partial charge in [0.25, 0.3) is 0 Å². The quantitative estimate of drug-likeness (QED) is 0.739. The van der Waals surface area contributed by atoms with Crippen LogP contribution in [0.5, 0.6) is 0 Å². The Morgan fingerprint density at radius 2 is 2.05 bits per heavy atom. The molecule has 0 spiro atoms. The van der Waals surface area contributed by atoms with Crippen LogP contribution in [0.15, 0.2) is 12.2 Å². The van der Waals surface area contributed by atoms with Gasteiger partial charge < -0.3 is 15.4 Å². The van der Waals surface area contributed by atoms with Gasteiger partial charge in [-0.3, -0.25) is 0 Å². The van der Waals surface area contributed by atoms with E-state index in [9.17, 15) is 4.79 Å². The van der Waals surface area contributed by atoms with Gasteiger partial charge in [-0.1, -0.05) is 19.1 Å². The monoisotopic (exact) mass is 308 g/mol. The summed E-state index contributed by atoms with van der Waals surface area (Å²) in [5.74, 6) is 2.30. The smallest absolute Gasteiger partial charge is 0.407 e. The van der Waals surface area contributed by atoms with Gasteiger partial charge in [-0.25, -0.2) is 4.79 Å². The number of fused-ring (bicyclic) bond motifs is 2. The zero-order valence-electron chi connectivity index (χ0n) is 14.7. The molecule has 0 aromatic heterocycles. The number of nitrogens with one attached hydrogen (secondary N) is 2. The lowest BCUT2D eigenvalue weighted by atomic mass is 9.87. The second kappa shape index (κ2) is 7.03. The van der Waals surface area contributed by atoms with E-state index in [-0.39, 0.29) is 6.09 Å². The minimum absolute atomic E-state index is 0.297. The van der Waals surface area contributed by atoms with Crippen molar-refractivity contribution in [1.29, 1.82) is 0 Å². The Hall–Kier alpha value is -1.03. The van der Waals surface area contributed by atoms with E-state index in [0.717, 1.165) is 24.2 Å². The van der Waals surface area contributed by atoms with Crippen LogP contribution in [-0.2, 0) is 4.74 Å². The molecule has 0 radical (unpaired) electrons. The van der Waals surface area contributed by atoms with Gasteiger partial charge in [-0.05, 0) is 64.7 Å². The van der Waals surface area contributed by atoms with Crippen molar-refractivity contribution in [3.05, 3.63) is 12.2 Å². The van der Waals surface area contributed by atoms with Gasteiger partial charge in [0, 0.05) is 18.6 Å². The highest BCUT2D eigenvalue weighted by atomic mass is 16.6. The molecule has 4 nitrogen and oxygen atoms in total. The molecule has 2 rings (SSSR count). The normalized spacial score (nSPS) is 29.4. The van der Waals surface area contributed by atoms with Gasteiger partial charge in [0.2, 0.25) is 0 Å². The maximum atomic E-state index is 11.8. The number of allylic oxidation sites excluding steroid dienone is 2. The number of amides is 1. The highest BCUT2D eigenvalue weighted by molar-refractivity contribution is 5.67. The second-order valence-corrected chi connectivity index (χ2v) is 7.89. The Kier molecular flexibility index (Phi) is 5.54. The number of hydrogen-bond donors (Lipinski definition) is 2. The molecule has 0 heterocycles. The number of alkyl carbamates (subject to hydrolysis) is 1. The van der Waals surface area contributed by atoms with Crippen LogP contribution in [0.4, 0.5) is 4.79 Å². The van der Waals surface area contributed by atoms with E-state index in [2.05, 4.69) is 36.6 Å². The predicted octanol–water partition coefficient (Wildman–Crippen LogP) is 3.48. The lowest BCUT2D eigenvalue weighted by Crippen LogP contribution is -2.48. The van der Waals surface area contributed by atoms with Crippen molar-refractivity contribution in [3.63, 3.8) is 0 Å². The topological polar surface area (TPSA) is 50.4 Å². The Bertz CT molecular complexity index is 414. The zero-order valence-corrected chi connectivity index (χ0v) is 14.7. The van der Waals surface area contributed by atoms with E-state index in [1.165, 1.54) is 12.8 Å². The van der Waals surface area contributed by atoms with Gasteiger partial charge in [-0.15, -0.1) is 0 Å². The molecule has 1 amide bonds. The maximum Gasteiger partial charge on any atom is 0.407 e. The van der Waals surface area contributed by atoms with Gasteiger partial charge in [0.15, 0.2) is 0 Å². The van der Waals surface area contributed by atoms with Crippen molar-refractivity contribution >= 4 is 6.09 Å². The van der Waals surface area contributed by atoms with Crippen LogP contribution in [-0.4, -0.2) is 30.3 Å². The van der Waals surface area contributed by atoms with E-state index in [1.807, 2.05) is 20.8 Å². The lowest BCUT2D eigenvalue weighted by molar-refractivity contribution is 0.0520. The Balaban J connectivity index is 1.75. The summed E-state index contributed by atoms with van der Waals surface area (Å²) in [5.41, 5.74) is -0.443. The third kappa shape index (κ3) is 4.73. The van der Waals surface area contributed by atoms with Crippen molar-refractivity contribution in [2.75, 3.05) is 6.54 Å². The van der Waals surface area contributed by atoms with Crippen LogP contribution in [0.2, 0.25) is 0 Å². The summed E-state index contributed by atoms with van der Waals surface area (Å²) in [5, 5.41) is 6.59. The van der Waals surface area contributed by atoms with Crippen LogP contribution < -0.4 is 10.6 Å². The number of rotatable bonds is 6. The third-order valence-corrected chi connectivity index (χ3v) is 4.86. The van der Waals surface area contributed by atoms with Crippen LogP contribution in [0.3, 0.4) is 0 Å². The van der Waals surface area contributed by atoms with Crippen LogP contribution >= 0.6 is 0 Å². The first kappa shape index (κ1) is 17.3. The van der Waals surface area contributed by atoms with Crippen LogP contribution in [0, 0.1) is 17.8 Å². The first-order chi connectivity index (χ1) is 10.3. The molecular formula is C18H32N2O2. The standard InChI is InChI=1S/C18H32N2O2/c1-6-15(11-19-17(21)22-18(3,4)5)20-12(2)16-10-13-7-8-14(16)9-13/h7-8,12-16,20H,6,9-11H2,1-5H3,(H,19,21). The van der Waals surface area contributed by atoms with E-state index in [0.29, 0.717) is 18.6 Å². The molecule has 0 aromatic rings. The second-order valence-electron chi connectivity index (χ2n) is 7.89. The van der Waals surface area contributed by atoms with E-state index in [1.54, 1.807) is 0 Å². The van der Waals surface area contributed by atoms with E-state index >= 15 is 0 Å². The summed E-state index contributed by atoms with van der Waals surface area (Å²) in [7, 11) is 0. The van der Waals surface area contributed by atoms with E-state index in [4.69, 9.17) is 4.74 Å². The molecule has 0 saturated heterocycles. The molecule has 126 valence electrons. The highest BCUT2D eigenvalue weighted by Gasteiger charge is 2.38. The summed E-state index contributed by atoms with van der Waals surface area (Å²) in [6, 6.07) is 0.788. The van der Waals surface area contributed by atoms with Crippen LogP contribution in [0.1, 0.15) is 53.9 Å². The summed E-state index contributed by atoms with van der Waals surface area (Å²) in [4.78, 5) is 11.8. The molecule has 5 atom stereocenters. The molecule has 1 saturated carbocycles. The Morgan fingerprint density at radius 1 is 1.32 bits per heavy atom. The van der Waals surface area contributed by atoms with Crippen molar-refractivity contribution in [3.8, 4) is 0 Å². The third-order valence-electron chi connectivity index (χ3n) is 4.86. The van der Waals surface area contributed by atoms with Gasteiger partial charge in [-0.2, -0.15) is 0 Å². The average molecular weight is 308 g/mol. The molecule has 4 heteroatoms. The fraction of sp³-hybridized carbons (Fsp3) is 0.833. The van der Waals surface area contributed by atoms with Crippen molar-refractivity contribution in [1.82, 2.24) is 10.6 Å². The predicted molar refractivity (Wildman–Crippen MR) is 89.8 cm³/mol. The first-order valence-corrected chi connectivity index (χ1v) is 8.69. The maximum absolute atomic E-state index is 11.8. The molecule has 22 heavy (non-hydrogen) atoms. The van der Waals surface area contributed by atoms with Gasteiger partial charge in [0.1, 0.15) is 5.60 Å². The lowest BCUT2D eigenvalue weighted by Gasteiger charge is -2.30. The summed E-state index contributed by atoms with van der Waals surface area (Å²) < 4.78 is 5.29. The fourth-order valence-corrected chi connectivity index (χ4v) is 3.74. The van der Waals surface area contributed by atoms with Crippen molar-refractivity contribution < 1.29 is 9.53 Å². The molecule has 2 bridgehead atoms. The largest absolute Gasteiger partial charge is 0.444 e. The van der Waals surface area contributed by atoms with Crippen molar-refractivity contribution in [2.45, 2.75) is 71.6 Å². The van der Waals surface area contributed by atoms with E-state index < -0.39 is 5.60 Å². The number of carbonyl (C=O) groups excluding carboxylic acids is 1. The van der Waals surface area contributed by atoms with Gasteiger partial charge >= 0.3 is 6.09 Å². The molecule has 2 aliphatic carbocycles. The van der Waals surface area contributed by atoms with Gasteiger partial charge in [0.05, 0.1) is 0 Å². The minimum atomic E-state index is -0.443. The SMILES string of the molecule is CCC(CNC(=O)OC(C)(C)C)NC(C)C1CC2C=CC1C2. The highest BCUT2D eigenvalue weighted by Crippen LogP contribution is 2.44. The molecule has 1 fully saturated rings. The number of carbonyl (C=O) groups is 1. The zero-order chi connectivity index (χ0) is 16.3. The number of hydrogen-bond acceptors (Lipinski definition) is 3. The molecule has 0 aliphatic heterocycles. The summed E-state index contributed by atoms with van der Waals surface area (Å²) in [6.45, 7) is 10.7. The summed E-state index contributed by atoms with van der Waals surface area (Å²) in [6.07, 6.45) is 8.10. The first-order valence-electron chi connectivity index (χ1n) is 8.69. The molecule has 0 aromatic carbocycles. The fourth-order valence-electron chi connectivity index (χ4n) is 3.74. The molecule has 2 aliphatic rings. The minimum Gasteiger partial charge on any atom is -0.444 e. The molecule has 2 N–H and O–H groups in total. The average Bonchev–Trinajstić information content (AvgIpc) is 3.03. The molecular weight excluding hydrogens is 276 g/mol. The number of ether oxygens (including phenoxy) is 1. The summed E-state index contributed by atoms with van der Waals surface area (Å²) >= 11 is 0. The Morgan fingerprint density at radius 3 is 2.55 bits per heavy atom. The van der Waals surface area contributed by atoms with Crippen LogP contribution in [0.25, 0.3) is 0 Å². The molecule has 5 unspecified atom stereocenters.